The predicted octanol–water partition coefficient (Wildman–Crippen LogP) is 2.41. The van der Waals surface area contributed by atoms with Crippen LogP contribution in [-0.2, 0) is 4.79 Å². The maximum Gasteiger partial charge on any atom is 0.253 e. The van der Waals surface area contributed by atoms with E-state index < -0.39 is 0 Å². The number of carbonyl (C=O) groups is 2. The van der Waals surface area contributed by atoms with Crippen LogP contribution in [0.15, 0.2) is 48.6 Å². The van der Waals surface area contributed by atoms with Crippen molar-refractivity contribution < 1.29 is 9.59 Å². The maximum atomic E-state index is 12.4. The van der Waals surface area contributed by atoms with E-state index in [9.17, 15) is 9.59 Å². The molecule has 0 unspecified atom stereocenters. The molecule has 1 aromatic rings. The number of carbonyl (C=O) groups excluding carboxylic acids is 2. The number of nitrogens with zero attached hydrogens (tertiary/aromatic N) is 2. The molecule has 0 aromatic heterocycles. The molecular formula is C18H22N2O2. The molecule has 0 radical (unpaired) electrons. The van der Waals surface area contributed by atoms with E-state index in [2.05, 4.69) is 0 Å². The van der Waals surface area contributed by atoms with Crippen molar-refractivity contribution in [2.75, 3.05) is 26.2 Å². The van der Waals surface area contributed by atoms with E-state index >= 15 is 0 Å². The second kappa shape index (κ2) is 7.59. The predicted molar refractivity (Wildman–Crippen MR) is 87.6 cm³/mol. The van der Waals surface area contributed by atoms with Gasteiger partial charge in [0.1, 0.15) is 0 Å². The molecule has 22 heavy (non-hydrogen) atoms. The van der Waals surface area contributed by atoms with E-state index in [1.807, 2.05) is 55.2 Å². The summed E-state index contributed by atoms with van der Waals surface area (Å²) in [6, 6.07) is 7.60. The Morgan fingerprint density at radius 2 is 1.55 bits per heavy atom. The molecular weight excluding hydrogens is 276 g/mol. The van der Waals surface area contributed by atoms with Gasteiger partial charge in [-0.2, -0.15) is 0 Å². The highest BCUT2D eigenvalue weighted by atomic mass is 16.2. The van der Waals surface area contributed by atoms with Crippen molar-refractivity contribution in [2.24, 2.45) is 0 Å². The van der Waals surface area contributed by atoms with Crippen LogP contribution < -0.4 is 0 Å². The quantitative estimate of drug-likeness (QED) is 0.635. The van der Waals surface area contributed by atoms with Gasteiger partial charge in [-0.3, -0.25) is 9.59 Å². The molecule has 0 bridgehead atoms. The average molecular weight is 298 g/mol. The fourth-order valence-electron chi connectivity index (χ4n) is 2.36. The van der Waals surface area contributed by atoms with Gasteiger partial charge in [0.2, 0.25) is 5.91 Å². The summed E-state index contributed by atoms with van der Waals surface area (Å²) in [6.07, 6.45) is 7.01. The Hall–Kier alpha value is -2.36. The summed E-state index contributed by atoms with van der Waals surface area (Å²) in [5, 5.41) is 0. The van der Waals surface area contributed by atoms with Gasteiger partial charge in [-0.25, -0.2) is 0 Å². The summed E-state index contributed by atoms with van der Waals surface area (Å²) >= 11 is 0. The Morgan fingerprint density at radius 1 is 0.955 bits per heavy atom. The van der Waals surface area contributed by atoms with Crippen LogP contribution >= 0.6 is 0 Å². The summed E-state index contributed by atoms with van der Waals surface area (Å²) in [5.74, 6) is 0.0390. The number of hydrogen-bond acceptors (Lipinski definition) is 2. The Morgan fingerprint density at radius 3 is 2.14 bits per heavy atom. The molecule has 116 valence electrons. The molecule has 0 spiro atoms. The zero-order valence-corrected chi connectivity index (χ0v) is 13.2. The zero-order valence-electron chi connectivity index (χ0n) is 13.2. The van der Waals surface area contributed by atoms with Crippen molar-refractivity contribution in [3.63, 3.8) is 0 Å². The van der Waals surface area contributed by atoms with Gasteiger partial charge in [-0.15, -0.1) is 0 Å². The minimum Gasteiger partial charge on any atom is -0.336 e. The topological polar surface area (TPSA) is 40.6 Å². The highest BCUT2D eigenvalue weighted by Crippen LogP contribution is 2.10. The Labute approximate surface area is 131 Å². The molecule has 4 heteroatoms. The molecule has 1 aliphatic heterocycles. The van der Waals surface area contributed by atoms with Crippen LogP contribution in [0, 0.1) is 6.92 Å². The van der Waals surface area contributed by atoms with E-state index in [0.717, 1.165) is 5.56 Å². The number of allylic oxidation sites excluding steroid dienone is 3. The Kier molecular flexibility index (Phi) is 5.53. The number of rotatable bonds is 3. The zero-order chi connectivity index (χ0) is 15.9. The van der Waals surface area contributed by atoms with Crippen LogP contribution in [0.25, 0.3) is 0 Å². The molecule has 0 saturated carbocycles. The summed E-state index contributed by atoms with van der Waals surface area (Å²) in [6.45, 7) is 6.23. The molecule has 1 fully saturated rings. The molecule has 1 heterocycles. The van der Waals surface area contributed by atoms with E-state index in [1.54, 1.807) is 17.1 Å². The van der Waals surface area contributed by atoms with Gasteiger partial charge in [0, 0.05) is 37.8 Å². The summed E-state index contributed by atoms with van der Waals surface area (Å²) in [4.78, 5) is 27.9. The van der Waals surface area contributed by atoms with Crippen LogP contribution in [0.2, 0.25) is 0 Å². The van der Waals surface area contributed by atoms with Gasteiger partial charge in [0.15, 0.2) is 0 Å². The van der Waals surface area contributed by atoms with Crippen molar-refractivity contribution in [2.45, 2.75) is 13.8 Å². The van der Waals surface area contributed by atoms with Crippen molar-refractivity contribution in [1.82, 2.24) is 9.80 Å². The highest BCUT2D eigenvalue weighted by Gasteiger charge is 2.23. The smallest absolute Gasteiger partial charge is 0.253 e. The first kappa shape index (κ1) is 16.0. The molecule has 1 aromatic carbocycles. The molecule has 0 aliphatic carbocycles. The lowest BCUT2D eigenvalue weighted by Gasteiger charge is -2.34. The lowest BCUT2D eigenvalue weighted by Crippen LogP contribution is -2.50. The minimum absolute atomic E-state index is 0.000495. The summed E-state index contributed by atoms with van der Waals surface area (Å²) in [5.41, 5.74) is 1.85. The molecule has 0 N–H and O–H groups in total. The molecule has 4 nitrogen and oxygen atoms in total. The first-order valence-corrected chi connectivity index (χ1v) is 7.56. The van der Waals surface area contributed by atoms with Gasteiger partial charge in [0.25, 0.3) is 5.91 Å². The normalized spacial score (nSPS) is 15.7. The first-order chi connectivity index (χ1) is 10.6. The number of benzene rings is 1. The molecule has 2 amide bonds. The fourth-order valence-corrected chi connectivity index (χ4v) is 2.36. The number of amides is 2. The van der Waals surface area contributed by atoms with Crippen LogP contribution in [0.5, 0.6) is 0 Å². The average Bonchev–Trinajstić information content (AvgIpc) is 2.55. The standard InChI is InChI=1S/C18H22N2O2/c1-3-4-5-6-17(21)19-11-13-20(14-12-19)18(22)16-9-7-15(2)8-10-16/h3-10H,11-14H2,1-2H3. The number of hydrogen-bond donors (Lipinski definition) is 0. The number of piperazine rings is 1. The number of aryl methyl sites for hydroxylation is 1. The van der Waals surface area contributed by atoms with E-state index in [-0.39, 0.29) is 11.8 Å². The fraction of sp³-hybridized carbons (Fsp3) is 0.333. The summed E-state index contributed by atoms with van der Waals surface area (Å²) < 4.78 is 0. The van der Waals surface area contributed by atoms with Crippen LogP contribution in [0.4, 0.5) is 0 Å². The minimum atomic E-state index is 0.000495. The largest absolute Gasteiger partial charge is 0.336 e. The molecule has 0 atom stereocenters. The second-order valence-corrected chi connectivity index (χ2v) is 5.37. The first-order valence-electron chi connectivity index (χ1n) is 7.56. The lowest BCUT2D eigenvalue weighted by atomic mass is 10.1. The van der Waals surface area contributed by atoms with E-state index in [0.29, 0.717) is 31.7 Å². The van der Waals surface area contributed by atoms with Gasteiger partial charge in [-0.05, 0) is 26.0 Å². The van der Waals surface area contributed by atoms with Crippen molar-refractivity contribution in [1.29, 1.82) is 0 Å². The maximum absolute atomic E-state index is 12.4. The van der Waals surface area contributed by atoms with Crippen LogP contribution in [0.1, 0.15) is 22.8 Å². The third-order valence-electron chi connectivity index (χ3n) is 3.72. The molecule has 1 saturated heterocycles. The summed E-state index contributed by atoms with van der Waals surface area (Å²) in [7, 11) is 0. The molecule has 2 rings (SSSR count). The van der Waals surface area contributed by atoms with Gasteiger partial charge in [0.05, 0.1) is 0 Å². The van der Waals surface area contributed by atoms with Crippen molar-refractivity contribution in [3.8, 4) is 0 Å². The van der Waals surface area contributed by atoms with Crippen LogP contribution in [-0.4, -0.2) is 47.8 Å². The lowest BCUT2D eigenvalue weighted by molar-refractivity contribution is -0.127. The Balaban J connectivity index is 1.90. The van der Waals surface area contributed by atoms with Crippen molar-refractivity contribution >= 4 is 11.8 Å². The van der Waals surface area contributed by atoms with Gasteiger partial charge >= 0.3 is 0 Å². The van der Waals surface area contributed by atoms with Crippen LogP contribution in [0.3, 0.4) is 0 Å². The van der Waals surface area contributed by atoms with Gasteiger partial charge < -0.3 is 9.80 Å². The molecule has 1 aliphatic rings. The third kappa shape index (κ3) is 4.07. The second-order valence-electron chi connectivity index (χ2n) is 5.37. The van der Waals surface area contributed by atoms with Crippen molar-refractivity contribution in [3.05, 3.63) is 59.7 Å². The third-order valence-corrected chi connectivity index (χ3v) is 3.72. The van der Waals surface area contributed by atoms with Gasteiger partial charge in [-0.1, -0.05) is 35.9 Å². The highest BCUT2D eigenvalue weighted by molar-refractivity contribution is 5.94. The van der Waals surface area contributed by atoms with E-state index in [4.69, 9.17) is 0 Å². The monoisotopic (exact) mass is 298 g/mol. The SMILES string of the molecule is CC=CC=CC(=O)N1CCN(C(=O)c2ccc(C)cc2)CC1. The van der Waals surface area contributed by atoms with E-state index in [1.165, 1.54) is 0 Å². The Bertz CT molecular complexity index is 580.